The summed E-state index contributed by atoms with van der Waals surface area (Å²) in [6.45, 7) is 4.32. The van der Waals surface area contributed by atoms with Gasteiger partial charge in [0.25, 0.3) is 0 Å². The Kier molecular flexibility index (Phi) is 3.93. The fraction of sp³-hybridized carbons (Fsp3) is 0.231. The first kappa shape index (κ1) is 12.3. The van der Waals surface area contributed by atoms with E-state index in [0.717, 1.165) is 9.32 Å². The lowest BCUT2D eigenvalue weighted by Gasteiger charge is -2.09. The topological polar surface area (TPSA) is 35.0 Å². The molecule has 0 atom stereocenters. The van der Waals surface area contributed by atoms with Gasteiger partial charge in [0, 0.05) is 6.20 Å². The van der Waals surface area contributed by atoms with Gasteiger partial charge in [0.15, 0.2) is 0 Å². The molecular weight excluding hydrogens is 327 g/mol. The lowest BCUT2D eigenvalue weighted by Crippen LogP contribution is -1.93. The predicted octanol–water partition coefficient (Wildman–Crippen LogP) is 4.00. The van der Waals surface area contributed by atoms with Gasteiger partial charge in [-0.1, -0.05) is 26.0 Å². The Bertz CT molecular complexity index is 514. The predicted molar refractivity (Wildman–Crippen MR) is 75.4 cm³/mol. The molecule has 0 saturated carbocycles. The fourth-order valence-corrected chi connectivity index (χ4v) is 1.84. The van der Waals surface area contributed by atoms with E-state index in [2.05, 4.69) is 52.5 Å². The zero-order chi connectivity index (χ0) is 12.3. The molecule has 3 nitrogen and oxygen atoms in total. The van der Waals surface area contributed by atoms with Crippen LogP contribution in [0.4, 0.5) is 0 Å². The second-order valence-corrected chi connectivity index (χ2v) is 5.17. The average Bonchev–Trinajstić information content (AvgIpc) is 2.32. The first-order chi connectivity index (χ1) is 8.16. The molecule has 0 unspecified atom stereocenters. The summed E-state index contributed by atoms with van der Waals surface area (Å²) in [5, 5.41) is 0. The van der Waals surface area contributed by atoms with Crippen molar-refractivity contribution in [3.8, 4) is 11.6 Å². The number of aromatic nitrogens is 2. The van der Waals surface area contributed by atoms with Crippen LogP contribution >= 0.6 is 22.6 Å². The molecule has 1 heterocycles. The van der Waals surface area contributed by atoms with Crippen molar-refractivity contribution in [2.75, 3.05) is 0 Å². The number of benzene rings is 1. The molecule has 0 bridgehead atoms. The van der Waals surface area contributed by atoms with Gasteiger partial charge >= 0.3 is 0 Å². The average molecular weight is 340 g/mol. The Hall–Kier alpha value is -1.17. The maximum atomic E-state index is 5.74. The second-order valence-electron chi connectivity index (χ2n) is 4.01. The molecule has 0 aliphatic carbocycles. The van der Waals surface area contributed by atoms with Crippen molar-refractivity contribution < 1.29 is 4.74 Å². The lowest BCUT2D eigenvalue weighted by atomic mass is 10.0. The Morgan fingerprint density at radius 3 is 2.82 bits per heavy atom. The summed E-state index contributed by atoms with van der Waals surface area (Å²) >= 11 is 2.16. The molecule has 2 rings (SSSR count). The zero-order valence-electron chi connectivity index (χ0n) is 9.72. The van der Waals surface area contributed by atoms with Gasteiger partial charge in [0.1, 0.15) is 12.1 Å². The molecule has 2 aromatic rings. The quantitative estimate of drug-likeness (QED) is 0.793. The van der Waals surface area contributed by atoms with Crippen molar-refractivity contribution >= 4 is 22.6 Å². The summed E-state index contributed by atoms with van der Waals surface area (Å²) in [7, 11) is 0. The number of nitrogens with zero attached hydrogens (tertiary/aromatic N) is 2. The van der Waals surface area contributed by atoms with Crippen LogP contribution in [0.1, 0.15) is 25.3 Å². The van der Waals surface area contributed by atoms with Gasteiger partial charge in [-0.2, -0.15) is 0 Å². The van der Waals surface area contributed by atoms with Crippen LogP contribution in [0.25, 0.3) is 0 Å². The Morgan fingerprint density at radius 2 is 2.12 bits per heavy atom. The molecule has 1 aromatic carbocycles. The molecule has 0 N–H and O–H groups in total. The fourth-order valence-electron chi connectivity index (χ4n) is 1.43. The third-order valence-corrected chi connectivity index (χ3v) is 3.11. The standard InChI is InChI=1S/C13H13IN2O/c1-9(2)10-4-3-5-11(6-10)17-13-12(14)7-15-8-16-13/h3-9H,1-2H3. The monoisotopic (exact) mass is 340 g/mol. The molecule has 1 aromatic heterocycles. The summed E-state index contributed by atoms with van der Waals surface area (Å²) < 4.78 is 6.64. The summed E-state index contributed by atoms with van der Waals surface area (Å²) in [6, 6.07) is 8.08. The van der Waals surface area contributed by atoms with E-state index in [1.807, 2.05) is 18.2 Å². The van der Waals surface area contributed by atoms with E-state index in [0.29, 0.717) is 11.8 Å². The minimum absolute atomic E-state index is 0.489. The molecule has 0 aliphatic rings. The molecule has 0 aliphatic heterocycles. The summed E-state index contributed by atoms with van der Waals surface area (Å²) in [5.74, 6) is 1.90. The molecule has 0 radical (unpaired) electrons. The normalized spacial score (nSPS) is 10.6. The third-order valence-electron chi connectivity index (χ3n) is 2.37. The van der Waals surface area contributed by atoms with E-state index >= 15 is 0 Å². The van der Waals surface area contributed by atoms with Crippen molar-refractivity contribution in [1.82, 2.24) is 9.97 Å². The highest BCUT2D eigenvalue weighted by Crippen LogP contribution is 2.26. The highest BCUT2D eigenvalue weighted by atomic mass is 127. The van der Waals surface area contributed by atoms with Crippen molar-refractivity contribution in [2.45, 2.75) is 19.8 Å². The molecule has 0 saturated heterocycles. The van der Waals surface area contributed by atoms with E-state index < -0.39 is 0 Å². The van der Waals surface area contributed by atoms with Crippen molar-refractivity contribution in [3.63, 3.8) is 0 Å². The van der Waals surface area contributed by atoms with E-state index in [1.165, 1.54) is 11.9 Å². The van der Waals surface area contributed by atoms with E-state index in [1.54, 1.807) is 6.20 Å². The number of hydrogen-bond acceptors (Lipinski definition) is 3. The van der Waals surface area contributed by atoms with Crippen LogP contribution < -0.4 is 4.74 Å². The van der Waals surface area contributed by atoms with Crippen LogP contribution in [0.5, 0.6) is 11.6 Å². The van der Waals surface area contributed by atoms with E-state index in [4.69, 9.17) is 4.74 Å². The molecule has 0 amide bonds. The summed E-state index contributed by atoms with van der Waals surface area (Å²) in [6.07, 6.45) is 3.22. The molecular formula is C13H13IN2O. The van der Waals surface area contributed by atoms with Gasteiger partial charge in [-0.3, -0.25) is 0 Å². The Balaban J connectivity index is 2.25. The van der Waals surface area contributed by atoms with Crippen LogP contribution in [0.3, 0.4) is 0 Å². The van der Waals surface area contributed by atoms with E-state index in [9.17, 15) is 0 Å². The van der Waals surface area contributed by atoms with Gasteiger partial charge in [0.2, 0.25) is 5.88 Å². The van der Waals surface area contributed by atoms with Crippen LogP contribution in [0.15, 0.2) is 36.8 Å². The maximum Gasteiger partial charge on any atom is 0.235 e. The van der Waals surface area contributed by atoms with Gasteiger partial charge in [-0.05, 0) is 46.2 Å². The van der Waals surface area contributed by atoms with Crippen LogP contribution in [-0.4, -0.2) is 9.97 Å². The van der Waals surface area contributed by atoms with Gasteiger partial charge in [-0.25, -0.2) is 9.97 Å². The first-order valence-corrected chi connectivity index (χ1v) is 6.48. The maximum absolute atomic E-state index is 5.74. The number of hydrogen-bond donors (Lipinski definition) is 0. The third kappa shape index (κ3) is 3.15. The second kappa shape index (κ2) is 5.44. The van der Waals surface area contributed by atoms with Crippen molar-refractivity contribution in [3.05, 3.63) is 45.9 Å². The Morgan fingerprint density at radius 1 is 1.29 bits per heavy atom. The van der Waals surface area contributed by atoms with Crippen molar-refractivity contribution in [2.24, 2.45) is 0 Å². The zero-order valence-corrected chi connectivity index (χ0v) is 11.9. The summed E-state index contributed by atoms with van der Waals surface area (Å²) in [4.78, 5) is 8.04. The SMILES string of the molecule is CC(C)c1cccc(Oc2ncncc2I)c1. The van der Waals surface area contributed by atoms with Crippen LogP contribution in [0.2, 0.25) is 0 Å². The molecule has 0 spiro atoms. The van der Waals surface area contributed by atoms with Crippen LogP contribution in [0, 0.1) is 3.57 Å². The lowest BCUT2D eigenvalue weighted by molar-refractivity contribution is 0.456. The van der Waals surface area contributed by atoms with Crippen LogP contribution in [-0.2, 0) is 0 Å². The van der Waals surface area contributed by atoms with Gasteiger partial charge in [-0.15, -0.1) is 0 Å². The van der Waals surface area contributed by atoms with Gasteiger partial charge < -0.3 is 4.74 Å². The highest BCUT2D eigenvalue weighted by molar-refractivity contribution is 14.1. The number of ether oxygens (including phenoxy) is 1. The first-order valence-electron chi connectivity index (χ1n) is 5.40. The Labute approximate surface area is 114 Å². The number of halogens is 1. The smallest absolute Gasteiger partial charge is 0.235 e. The molecule has 88 valence electrons. The molecule has 4 heteroatoms. The van der Waals surface area contributed by atoms with Crippen molar-refractivity contribution in [1.29, 1.82) is 0 Å². The molecule has 17 heavy (non-hydrogen) atoms. The minimum Gasteiger partial charge on any atom is -0.438 e. The van der Waals surface area contributed by atoms with E-state index in [-0.39, 0.29) is 0 Å². The summed E-state index contributed by atoms with van der Waals surface area (Å²) in [5.41, 5.74) is 1.26. The van der Waals surface area contributed by atoms with Gasteiger partial charge in [0.05, 0.1) is 3.57 Å². The molecule has 0 fully saturated rings. The number of rotatable bonds is 3. The minimum atomic E-state index is 0.489. The highest BCUT2D eigenvalue weighted by Gasteiger charge is 2.05. The largest absolute Gasteiger partial charge is 0.438 e.